The molecule has 0 aliphatic rings. The molecular formula is C20H16FN5O3. The van der Waals surface area contributed by atoms with E-state index in [1.54, 1.807) is 32.0 Å². The van der Waals surface area contributed by atoms with E-state index in [2.05, 4.69) is 20.4 Å². The maximum absolute atomic E-state index is 13.5. The van der Waals surface area contributed by atoms with Crippen molar-refractivity contribution in [3.63, 3.8) is 0 Å². The van der Waals surface area contributed by atoms with Crippen LogP contribution in [0.3, 0.4) is 0 Å². The van der Waals surface area contributed by atoms with Crippen LogP contribution in [0, 0.1) is 19.7 Å². The summed E-state index contributed by atoms with van der Waals surface area (Å²) >= 11 is 0. The number of furan rings is 1. The number of halogens is 1. The van der Waals surface area contributed by atoms with Crippen LogP contribution in [0.15, 0.2) is 57.9 Å². The van der Waals surface area contributed by atoms with Gasteiger partial charge in [-0.25, -0.2) is 9.37 Å². The van der Waals surface area contributed by atoms with Gasteiger partial charge in [0.2, 0.25) is 5.95 Å². The van der Waals surface area contributed by atoms with E-state index in [-0.39, 0.29) is 22.9 Å². The minimum Gasteiger partial charge on any atom is -0.463 e. The number of aryl methyl sites for hydroxylation is 1. The molecule has 1 aromatic carbocycles. The third-order valence-electron chi connectivity index (χ3n) is 4.39. The van der Waals surface area contributed by atoms with Gasteiger partial charge in [-0.15, -0.1) is 0 Å². The van der Waals surface area contributed by atoms with Crippen molar-refractivity contribution in [2.75, 3.05) is 5.32 Å². The summed E-state index contributed by atoms with van der Waals surface area (Å²) in [6, 6.07) is 10.3. The van der Waals surface area contributed by atoms with Crippen LogP contribution < -0.4 is 10.9 Å². The Morgan fingerprint density at radius 3 is 2.72 bits per heavy atom. The number of hydrogen-bond donors (Lipinski definition) is 2. The van der Waals surface area contributed by atoms with E-state index in [0.717, 1.165) is 6.07 Å². The number of anilines is 1. The topological polar surface area (TPSA) is 106 Å². The van der Waals surface area contributed by atoms with Crippen molar-refractivity contribution in [2.24, 2.45) is 0 Å². The standard InChI is InChI=1S/C20H16FN5O3/c1-11-12(2)22-20(24-18(11)27)26-17(10-15(25-26)16-7-4-8-29-16)23-19(28)13-5-3-6-14(21)9-13/h3-10H,1-2H3,(H,23,28)(H,22,24,27). The van der Waals surface area contributed by atoms with E-state index in [0.29, 0.717) is 22.7 Å². The lowest BCUT2D eigenvalue weighted by molar-refractivity contribution is 0.102. The van der Waals surface area contributed by atoms with Crippen molar-refractivity contribution in [1.82, 2.24) is 19.7 Å². The number of H-pyrrole nitrogens is 1. The summed E-state index contributed by atoms with van der Waals surface area (Å²) < 4.78 is 20.1. The van der Waals surface area contributed by atoms with Gasteiger partial charge in [-0.2, -0.15) is 9.78 Å². The van der Waals surface area contributed by atoms with Gasteiger partial charge in [-0.05, 0) is 44.2 Å². The second-order valence-corrected chi connectivity index (χ2v) is 6.37. The van der Waals surface area contributed by atoms with Crippen LogP contribution in [0.5, 0.6) is 0 Å². The fourth-order valence-corrected chi connectivity index (χ4v) is 2.73. The van der Waals surface area contributed by atoms with E-state index >= 15 is 0 Å². The molecule has 8 nitrogen and oxygen atoms in total. The number of hydrogen-bond acceptors (Lipinski definition) is 5. The number of carbonyl (C=O) groups is 1. The molecule has 29 heavy (non-hydrogen) atoms. The molecule has 9 heteroatoms. The lowest BCUT2D eigenvalue weighted by atomic mass is 10.2. The van der Waals surface area contributed by atoms with Gasteiger partial charge in [-0.1, -0.05) is 6.07 Å². The van der Waals surface area contributed by atoms with Gasteiger partial charge in [0, 0.05) is 22.9 Å². The first-order chi connectivity index (χ1) is 13.9. The first kappa shape index (κ1) is 18.4. The highest BCUT2D eigenvalue weighted by molar-refractivity contribution is 6.04. The second-order valence-electron chi connectivity index (χ2n) is 6.37. The first-order valence-electron chi connectivity index (χ1n) is 8.71. The Morgan fingerprint density at radius 2 is 2.03 bits per heavy atom. The highest BCUT2D eigenvalue weighted by Gasteiger charge is 2.18. The molecule has 0 bridgehead atoms. The van der Waals surface area contributed by atoms with E-state index < -0.39 is 11.7 Å². The Morgan fingerprint density at radius 1 is 1.21 bits per heavy atom. The zero-order chi connectivity index (χ0) is 20.5. The zero-order valence-corrected chi connectivity index (χ0v) is 15.6. The highest BCUT2D eigenvalue weighted by atomic mass is 19.1. The molecular weight excluding hydrogens is 377 g/mol. The normalized spacial score (nSPS) is 10.9. The predicted molar refractivity (Wildman–Crippen MR) is 104 cm³/mol. The minimum absolute atomic E-state index is 0.130. The van der Waals surface area contributed by atoms with E-state index in [1.807, 2.05) is 0 Å². The van der Waals surface area contributed by atoms with Gasteiger partial charge in [0.1, 0.15) is 17.3 Å². The Bertz CT molecular complexity index is 1260. The Labute approximate surface area is 164 Å². The van der Waals surface area contributed by atoms with Crippen LogP contribution in [0.1, 0.15) is 21.6 Å². The average Bonchev–Trinajstić information content (AvgIpc) is 3.35. The lowest BCUT2D eigenvalue weighted by Crippen LogP contribution is -2.20. The molecule has 0 saturated heterocycles. The highest BCUT2D eigenvalue weighted by Crippen LogP contribution is 2.24. The quantitative estimate of drug-likeness (QED) is 0.554. The molecule has 1 amide bonds. The number of amides is 1. The second kappa shape index (κ2) is 7.19. The van der Waals surface area contributed by atoms with Gasteiger partial charge in [0.15, 0.2) is 5.76 Å². The van der Waals surface area contributed by atoms with Crippen molar-refractivity contribution in [1.29, 1.82) is 0 Å². The summed E-state index contributed by atoms with van der Waals surface area (Å²) in [6.07, 6.45) is 1.50. The van der Waals surface area contributed by atoms with Crippen LogP contribution in [0.4, 0.5) is 10.2 Å². The summed E-state index contributed by atoms with van der Waals surface area (Å²) in [5.74, 6) is -0.232. The molecule has 4 rings (SSSR count). The summed E-state index contributed by atoms with van der Waals surface area (Å²) in [5, 5.41) is 7.08. The molecule has 0 atom stereocenters. The average molecular weight is 393 g/mol. The van der Waals surface area contributed by atoms with Crippen molar-refractivity contribution in [3.8, 4) is 17.4 Å². The van der Waals surface area contributed by atoms with Gasteiger partial charge < -0.3 is 9.73 Å². The molecule has 0 unspecified atom stereocenters. The molecule has 0 saturated carbocycles. The molecule has 2 N–H and O–H groups in total. The predicted octanol–water partition coefficient (Wildman–Crippen LogP) is 3.22. The van der Waals surface area contributed by atoms with E-state index in [1.165, 1.54) is 29.1 Å². The smallest absolute Gasteiger partial charge is 0.256 e. The Hall–Kier alpha value is -4.01. The monoisotopic (exact) mass is 393 g/mol. The van der Waals surface area contributed by atoms with Crippen molar-refractivity contribution >= 4 is 11.7 Å². The number of nitrogens with zero attached hydrogens (tertiary/aromatic N) is 3. The number of nitrogens with one attached hydrogen (secondary N) is 2. The summed E-state index contributed by atoms with van der Waals surface area (Å²) in [6.45, 7) is 3.37. The fraction of sp³-hybridized carbons (Fsp3) is 0.100. The van der Waals surface area contributed by atoms with Crippen molar-refractivity contribution in [2.45, 2.75) is 13.8 Å². The zero-order valence-electron chi connectivity index (χ0n) is 15.6. The van der Waals surface area contributed by atoms with E-state index in [9.17, 15) is 14.0 Å². The lowest BCUT2D eigenvalue weighted by Gasteiger charge is -2.09. The molecule has 0 aliphatic heterocycles. The third kappa shape index (κ3) is 3.57. The van der Waals surface area contributed by atoms with Crippen LogP contribution in [-0.4, -0.2) is 25.7 Å². The van der Waals surface area contributed by atoms with Crippen LogP contribution in [0.2, 0.25) is 0 Å². The van der Waals surface area contributed by atoms with Gasteiger partial charge >= 0.3 is 0 Å². The third-order valence-corrected chi connectivity index (χ3v) is 4.39. The van der Waals surface area contributed by atoms with Crippen LogP contribution in [-0.2, 0) is 0 Å². The molecule has 146 valence electrons. The van der Waals surface area contributed by atoms with Crippen LogP contribution in [0.25, 0.3) is 17.4 Å². The molecule has 0 aliphatic carbocycles. The molecule has 4 aromatic rings. The summed E-state index contributed by atoms with van der Waals surface area (Å²) in [5.41, 5.74) is 1.26. The molecule has 0 spiro atoms. The SMILES string of the molecule is Cc1nc(-n2nc(-c3ccco3)cc2NC(=O)c2cccc(F)c2)[nH]c(=O)c1C. The Balaban J connectivity index is 1.80. The number of benzene rings is 1. The number of carbonyl (C=O) groups excluding carboxylic acids is 1. The number of aromatic amines is 1. The molecule has 3 aromatic heterocycles. The maximum atomic E-state index is 13.5. The minimum atomic E-state index is -0.539. The Kier molecular flexibility index (Phi) is 4.55. The molecule has 3 heterocycles. The van der Waals surface area contributed by atoms with Crippen molar-refractivity contribution < 1.29 is 13.6 Å². The van der Waals surface area contributed by atoms with Crippen molar-refractivity contribution in [3.05, 3.63) is 81.7 Å². The van der Waals surface area contributed by atoms with Gasteiger partial charge in [0.05, 0.1) is 6.26 Å². The summed E-state index contributed by atoms with van der Waals surface area (Å²) in [7, 11) is 0. The molecule has 0 fully saturated rings. The first-order valence-corrected chi connectivity index (χ1v) is 8.71. The summed E-state index contributed by atoms with van der Waals surface area (Å²) in [4.78, 5) is 31.8. The number of rotatable bonds is 4. The van der Waals surface area contributed by atoms with Gasteiger partial charge in [0.25, 0.3) is 11.5 Å². The largest absolute Gasteiger partial charge is 0.463 e. The molecule has 0 radical (unpaired) electrons. The van der Waals surface area contributed by atoms with Gasteiger partial charge in [-0.3, -0.25) is 14.6 Å². The van der Waals surface area contributed by atoms with E-state index in [4.69, 9.17) is 4.42 Å². The number of aromatic nitrogens is 4. The maximum Gasteiger partial charge on any atom is 0.256 e. The van der Waals surface area contributed by atoms with Crippen LogP contribution >= 0.6 is 0 Å². The fourth-order valence-electron chi connectivity index (χ4n) is 2.73.